The number of fused-ring (bicyclic) bond motifs is 3. The SMILES string of the molecule is CCOCCOCCOCCCC(=O)COCN=C1[C@H](C)C[C@H](C)/C=C/C=C/C=C(\C)[C@@H](OC)C[C@@H]2CC[C@@H](C)[C@@](O)(O2)C(=O)C(=O)N2CCCC[C@H]2C(=O)O[C@H]([C@H](C)C[C@@H]2CC[C@@H](O)[C@H](OC)C2)C[C@@H](O)[C@H](C)/C=C(\C)[C@@H](O)[C@H]1OC. The van der Waals surface area contributed by atoms with Gasteiger partial charge < -0.3 is 68.0 Å². The van der Waals surface area contributed by atoms with E-state index in [9.17, 15) is 39.6 Å². The van der Waals surface area contributed by atoms with E-state index < -0.39 is 84.1 Å². The zero-order chi connectivity index (χ0) is 60.4. The maximum Gasteiger partial charge on any atom is 0.329 e. The Bertz CT molecular complexity index is 2100. The molecular weight excluding hydrogens is 1060 g/mol. The van der Waals surface area contributed by atoms with E-state index in [1.807, 2.05) is 58.9 Å². The molecule has 0 aromatic carbocycles. The summed E-state index contributed by atoms with van der Waals surface area (Å²) in [5.41, 5.74) is 1.93. The molecule has 1 amide bonds. The van der Waals surface area contributed by atoms with E-state index >= 15 is 0 Å². The first-order valence-electron chi connectivity index (χ1n) is 30.3. The van der Waals surface area contributed by atoms with Crippen molar-refractivity contribution in [3.63, 3.8) is 0 Å². The minimum Gasteiger partial charge on any atom is -0.460 e. The van der Waals surface area contributed by atoms with Crippen LogP contribution in [0.15, 0.2) is 52.6 Å². The van der Waals surface area contributed by atoms with Crippen molar-refractivity contribution in [1.82, 2.24) is 4.90 Å². The predicted octanol–water partition coefficient (Wildman–Crippen LogP) is 7.24. The molecule has 4 aliphatic rings. The summed E-state index contributed by atoms with van der Waals surface area (Å²) in [6.45, 7) is 17.9. The van der Waals surface area contributed by atoms with E-state index in [2.05, 4.69) is 13.0 Å². The molecule has 4 rings (SSSR count). The second-order valence-corrected chi connectivity index (χ2v) is 23.5. The summed E-state index contributed by atoms with van der Waals surface area (Å²) in [6.07, 6.45) is 12.0. The molecule has 3 fully saturated rings. The summed E-state index contributed by atoms with van der Waals surface area (Å²) in [7, 11) is 4.67. The van der Waals surface area contributed by atoms with Gasteiger partial charge >= 0.3 is 5.97 Å². The topological polar surface area (TPSA) is 248 Å². The highest BCUT2D eigenvalue weighted by molar-refractivity contribution is 6.39. The van der Waals surface area contributed by atoms with Gasteiger partial charge in [-0.1, -0.05) is 71.1 Å². The highest BCUT2D eigenvalue weighted by atomic mass is 16.6. The molecule has 19 nitrogen and oxygen atoms in total. The third kappa shape index (κ3) is 22.4. The number of methoxy groups -OCH3 is 3. The molecule has 0 radical (unpaired) electrons. The highest BCUT2D eigenvalue weighted by Gasteiger charge is 2.53. The van der Waals surface area contributed by atoms with Crippen LogP contribution in [-0.2, 0) is 61.8 Å². The fourth-order valence-corrected chi connectivity index (χ4v) is 11.8. The van der Waals surface area contributed by atoms with Crippen LogP contribution in [0, 0.1) is 35.5 Å². The Balaban J connectivity index is 1.65. The molecule has 468 valence electrons. The molecule has 3 heterocycles. The molecule has 2 bridgehead atoms. The van der Waals surface area contributed by atoms with Crippen LogP contribution in [0.2, 0.25) is 0 Å². The maximum atomic E-state index is 14.6. The number of amides is 1. The van der Waals surface area contributed by atoms with Crippen LogP contribution in [-0.4, -0.2) is 196 Å². The molecule has 16 atom stereocenters. The largest absolute Gasteiger partial charge is 0.460 e. The van der Waals surface area contributed by atoms with Crippen molar-refractivity contribution in [3.8, 4) is 0 Å². The van der Waals surface area contributed by atoms with E-state index in [-0.39, 0.29) is 74.7 Å². The smallest absolute Gasteiger partial charge is 0.329 e. The molecule has 1 saturated carbocycles. The van der Waals surface area contributed by atoms with Crippen molar-refractivity contribution >= 4 is 29.2 Å². The van der Waals surface area contributed by atoms with Gasteiger partial charge in [-0.15, -0.1) is 0 Å². The molecule has 0 unspecified atom stereocenters. The van der Waals surface area contributed by atoms with Crippen molar-refractivity contribution in [1.29, 1.82) is 0 Å². The van der Waals surface area contributed by atoms with Gasteiger partial charge in [-0.05, 0) is 126 Å². The Hall–Kier alpha value is -3.57. The number of esters is 1. The number of piperidine rings is 1. The third-order valence-electron chi connectivity index (χ3n) is 17.0. The van der Waals surface area contributed by atoms with Gasteiger partial charge in [0.2, 0.25) is 5.79 Å². The molecule has 1 aliphatic carbocycles. The number of carbonyl (C=O) groups is 4. The van der Waals surface area contributed by atoms with E-state index in [4.69, 9.17) is 47.6 Å². The lowest BCUT2D eigenvalue weighted by Crippen LogP contribution is -2.61. The molecule has 3 aliphatic heterocycles. The number of ketones is 2. The van der Waals surface area contributed by atoms with Gasteiger partial charge in [0.25, 0.3) is 11.7 Å². The number of hydrogen-bond donors (Lipinski definition) is 4. The zero-order valence-corrected chi connectivity index (χ0v) is 51.4. The van der Waals surface area contributed by atoms with Crippen LogP contribution >= 0.6 is 0 Å². The van der Waals surface area contributed by atoms with E-state index in [1.54, 1.807) is 34.1 Å². The van der Waals surface area contributed by atoms with Crippen molar-refractivity contribution in [2.24, 2.45) is 40.5 Å². The van der Waals surface area contributed by atoms with Crippen molar-refractivity contribution in [2.45, 2.75) is 206 Å². The van der Waals surface area contributed by atoms with Crippen molar-refractivity contribution < 1.29 is 82.2 Å². The monoisotopic (exact) mass is 1160 g/mol. The number of rotatable bonds is 21. The lowest BCUT2D eigenvalue weighted by Gasteiger charge is -2.43. The maximum absolute atomic E-state index is 14.6. The van der Waals surface area contributed by atoms with Gasteiger partial charge in [0.05, 0.1) is 56.9 Å². The van der Waals surface area contributed by atoms with Crippen molar-refractivity contribution in [2.75, 3.05) is 80.9 Å². The Morgan fingerprint density at radius 2 is 1.52 bits per heavy atom. The van der Waals surface area contributed by atoms with Crippen LogP contribution in [0.5, 0.6) is 0 Å². The quantitative estimate of drug-likeness (QED) is 0.0383. The van der Waals surface area contributed by atoms with Gasteiger partial charge in [-0.3, -0.25) is 19.4 Å². The standard InChI is InChI=1S/C63H104N2O17/c1-12-77-29-30-79-32-31-78-28-18-21-49(66)39-80-40-64-57-45(6)33-41(2)19-14-13-15-20-42(3)54(74-9)37-50-25-23-47(8)63(73,82-50)60(70)61(71)65-27-17-16-22-51(65)62(72)81-55(44(5)35-48-24-26-52(67)56(36-48)75-10)38-53(68)43(4)34-46(7)58(69)59(57)76-11/h13-15,19-20,34,41,43-45,47-48,50-56,58-59,67-69,73H,12,16-18,21-33,35-40H2,1-11H3/b15-13+,19-14+,42-20+,46-34+,64-57?/t41-,43-,44-,45-,47-,48+,50+,51+,52-,53-,54+,55+,56-,58-,59+,63-/m1/s1. The Labute approximate surface area is 489 Å². The number of ether oxygens (including phenoxy) is 9. The first-order chi connectivity index (χ1) is 39.2. The molecule has 4 N–H and O–H groups in total. The molecular formula is C63H104N2O17. The van der Waals surface area contributed by atoms with Crippen LogP contribution in [0.3, 0.4) is 0 Å². The van der Waals surface area contributed by atoms with Gasteiger partial charge in [0, 0.05) is 77.9 Å². The van der Waals surface area contributed by atoms with Crippen LogP contribution in [0.25, 0.3) is 0 Å². The summed E-state index contributed by atoms with van der Waals surface area (Å²) >= 11 is 0. The highest BCUT2D eigenvalue weighted by Crippen LogP contribution is 2.38. The number of cyclic esters (lactones) is 1. The summed E-state index contributed by atoms with van der Waals surface area (Å²) in [6, 6.07) is -1.13. The Kier molecular flexibility index (Phi) is 32.1. The summed E-state index contributed by atoms with van der Waals surface area (Å²) in [5.74, 6) is -7.03. The average molecular weight is 1160 g/mol. The second-order valence-electron chi connectivity index (χ2n) is 23.5. The second kappa shape index (κ2) is 37.1. The number of aliphatic hydroxyl groups is 4. The average Bonchev–Trinajstić information content (AvgIpc) is 3.61. The predicted molar refractivity (Wildman–Crippen MR) is 312 cm³/mol. The minimum absolute atomic E-state index is 0.00565. The van der Waals surface area contributed by atoms with E-state index in [1.165, 1.54) is 12.0 Å². The van der Waals surface area contributed by atoms with Crippen LogP contribution in [0.1, 0.15) is 145 Å². The number of allylic oxidation sites excluding steroid dienone is 5. The minimum atomic E-state index is -2.44. The van der Waals surface area contributed by atoms with Gasteiger partial charge in [-0.25, -0.2) is 4.79 Å². The fourth-order valence-electron chi connectivity index (χ4n) is 11.8. The summed E-state index contributed by atoms with van der Waals surface area (Å²) in [5, 5.41) is 46.9. The number of aliphatic hydroxyl groups excluding tert-OH is 3. The number of Topliss-reactive ketones (excluding diaryl/α,β-unsaturated/α-hetero) is 2. The number of aliphatic imine (C=N–C) groups is 1. The molecule has 0 aromatic rings. The first-order valence-corrected chi connectivity index (χ1v) is 30.3. The van der Waals surface area contributed by atoms with E-state index in [0.717, 1.165) is 12.0 Å². The molecule has 82 heavy (non-hydrogen) atoms. The Morgan fingerprint density at radius 1 is 0.805 bits per heavy atom. The lowest BCUT2D eigenvalue weighted by atomic mass is 9.78. The molecule has 0 spiro atoms. The van der Waals surface area contributed by atoms with Gasteiger partial charge in [0.1, 0.15) is 37.7 Å². The number of hydrogen-bond acceptors (Lipinski definition) is 18. The summed E-state index contributed by atoms with van der Waals surface area (Å²) in [4.78, 5) is 62.3. The molecule has 0 aromatic heterocycles. The first kappa shape index (κ1) is 70.9. The van der Waals surface area contributed by atoms with E-state index in [0.29, 0.717) is 115 Å². The lowest BCUT2D eigenvalue weighted by molar-refractivity contribution is -0.265. The number of carbonyl (C=O) groups excluding carboxylic acids is 4. The molecule has 19 heteroatoms. The normalized spacial score (nSPS) is 35.9. The van der Waals surface area contributed by atoms with Gasteiger partial charge in [0.15, 0.2) is 5.78 Å². The third-order valence-corrected chi connectivity index (χ3v) is 17.0. The molecule has 2 saturated heterocycles. The van der Waals surface area contributed by atoms with Gasteiger partial charge in [-0.2, -0.15) is 0 Å². The Morgan fingerprint density at radius 3 is 2.22 bits per heavy atom. The van der Waals surface area contributed by atoms with Crippen LogP contribution < -0.4 is 0 Å². The van der Waals surface area contributed by atoms with Crippen molar-refractivity contribution in [3.05, 3.63) is 47.6 Å². The zero-order valence-electron chi connectivity index (χ0n) is 51.4. The fraction of sp³-hybridized carbons (Fsp3) is 0.794. The van der Waals surface area contributed by atoms with Crippen LogP contribution in [0.4, 0.5) is 0 Å². The number of nitrogens with zero attached hydrogens (tertiary/aromatic N) is 2. The summed E-state index contributed by atoms with van der Waals surface area (Å²) < 4.78 is 52.4.